The minimum atomic E-state index is 0.00636. The maximum absolute atomic E-state index is 2.39. The molecule has 0 N–H and O–H groups in total. The van der Waals surface area contributed by atoms with Crippen LogP contribution < -0.4 is 0 Å². The lowest BCUT2D eigenvalue weighted by Crippen LogP contribution is -1.83. The third-order valence-electron chi connectivity index (χ3n) is 2.22. The third kappa shape index (κ3) is 2.99. The van der Waals surface area contributed by atoms with E-state index >= 15 is 0 Å². The van der Waals surface area contributed by atoms with Gasteiger partial charge in [0.2, 0.25) is 0 Å². The van der Waals surface area contributed by atoms with E-state index in [4.69, 9.17) is 0 Å². The Balaban J connectivity index is 2.23. The average Bonchev–Trinajstić information content (AvgIpc) is 2.29. The van der Waals surface area contributed by atoms with Gasteiger partial charge < -0.3 is 0 Å². The van der Waals surface area contributed by atoms with E-state index in [9.17, 15) is 0 Å². The van der Waals surface area contributed by atoms with Crippen LogP contribution in [0.25, 0.3) is 0 Å². The van der Waals surface area contributed by atoms with Crippen LogP contribution in [0.3, 0.4) is 0 Å². The first-order chi connectivity index (χ1) is 7.36. The van der Waals surface area contributed by atoms with Crippen LogP contribution in [0, 0.1) is 10.5 Å². The Hall–Kier alpha value is -0.960. The fourth-order valence-corrected chi connectivity index (χ4v) is 3.54. The first kappa shape index (κ1) is 10.6. The molecule has 0 aliphatic heterocycles. The van der Waals surface area contributed by atoms with Crippen molar-refractivity contribution in [2.75, 3.05) is 0 Å². The van der Waals surface area contributed by atoms with Crippen molar-refractivity contribution in [1.29, 1.82) is 0 Å². The molecule has 0 aromatic heterocycles. The normalized spacial score (nSPS) is 11.3. The van der Waals surface area contributed by atoms with Gasteiger partial charge in [0.15, 0.2) is 0 Å². The summed E-state index contributed by atoms with van der Waals surface area (Å²) in [5.41, 5.74) is 2.75. The molecule has 0 saturated carbocycles. The standard InChI is InChI=1S/C14H13I/c1-12-7-5-6-8-13(12)11-15-14-9-3-2-4-10-14/h2-11H,1H3. The van der Waals surface area contributed by atoms with E-state index in [0.29, 0.717) is 0 Å². The van der Waals surface area contributed by atoms with Gasteiger partial charge in [0.25, 0.3) is 0 Å². The van der Waals surface area contributed by atoms with Gasteiger partial charge in [0.1, 0.15) is 0 Å². The molecule has 15 heavy (non-hydrogen) atoms. The van der Waals surface area contributed by atoms with Crippen molar-refractivity contribution >= 4 is 24.7 Å². The molecule has 2 aromatic rings. The molecule has 0 heterocycles. The summed E-state index contributed by atoms with van der Waals surface area (Å²) >= 11 is 0.00636. The Morgan fingerprint density at radius 2 is 1.53 bits per heavy atom. The lowest BCUT2D eigenvalue weighted by molar-refractivity contribution is 1.46. The molecule has 76 valence electrons. The summed E-state index contributed by atoms with van der Waals surface area (Å²) in [4.78, 5) is 0. The highest BCUT2D eigenvalue weighted by molar-refractivity contribution is 14.2. The van der Waals surface area contributed by atoms with Gasteiger partial charge in [0.05, 0.1) is 0 Å². The van der Waals surface area contributed by atoms with Gasteiger partial charge in [-0.05, 0) is 34.2 Å². The van der Waals surface area contributed by atoms with E-state index in [2.05, 4.69) is 65.5 Å². The van der Waals surface area contributed by atoms with Crippen molar-refractivity contribution in [2.45, 2.75) is 6.92 Å². The van der Waals surface area contributed by atoms with Crippen LogP contribution in [0.15, 0.2) is 54.6 Å². The average molecular weight is 308 g/mol. The molecule has 0 bridgehead atoms. The maximum atomic E-state index is 2.39. The summed E-state index contributed by atoms with van der Waals surface area (Å²) < 4.78 is 3.86. The van der Waals surface area contributed by atoms with Gasteiger partial charge in [-0.3, -0.25) is 0 Å². The molecule has 0 saturated heterocycles. The Labute approximate surface area is 101 Å². The number of rotatable bonds is 2. The maximum Gasteiger partial charge on any atom is 0.00771 e. The third-order valence-corrected chi connectivity index (χ3v) is 4.64. The summed E-state index contributed by atoms with van der Waals surface area (Å²) in [5.74, 6) is 0. The first-order valence-corrected chi connectivity index (χ1v) is 7.26. The number of benzene rings is 2. The summed E-state index contributed by atoms with van der Waals surface area (Å²) in [7, 11) is 0. The fraction of sp³-hybridized carbons (Fsp3) is 0.0714. The van der Waals surface area contributed by atoms with Crippen molar-refractivity contribution < 1.29 is 0 Å². The molecule has 0 nitrogen and oxygen atoms in total. The summed E-state index contributed by atoms with van der Waals surface area (Å²) in [6.45, 7) is 2.17. The van der Waals surface area contributed by atoms with Crippen molar-refractivity contribution in [1.82, 2.24) is 0 Å². The van der Waals surface area contributed by atoms with Crippen LogP contribution in [0.1, 0.15) is 11.1 Å². The van der Waals surface area contributed by atoms with Crippen molar-refractivity contribution in [2.24, 2.45) is 0 Å². The number of aryl methyl sites for hydroxylation is 1. The van der Waals surface area contributed by atoms with Crippen LogP contribution in [0.4, 0.5) is 0 Å². The van der Waals surface area contributed by atoms with Crippen molar-refractivity contribution in [3.63, 3.8) is 0 Å². The van der Waals surface area contributed by atoms with E-state index in [1.807, 2.05) is 0 Å². The van der Waals surface area contributed by atoms with E-state index in [-0.39, 0.29) is 20.7 Å². The highest BCUT2D eigenvalue weighted by atomic mass is 127. The second kappa shape index (κ2) is 5.21. The summed E-state index contributed by atoms with van der Waals surface area (Å²) in [6.07, 6.45) is 0. The van der Waals surface area contributed by atoms with Gasteiger partial charge in [-0.15, -0.1) is 0 Å². The Kier molecular flexibility index (Phi) is 3.67. The largest absolute Gasteiger partial charge is 0.0850 e. The zero-order chi connectivity index (χ0) is 10.5. The first-order valence-electron chi connectivity index (χ1n) is 4.93. The molecule has 0 spiro atoms. The van der Waals surface area contributed by atoms with Crippen molar-refractivity contribution in [3.05, 3.63) is 69.3 Å². The van der Waals surface area contributed by atoms with E-state index in [0.717, 1.165) is 0 Å². The molecule has 0 aliphatic rings. The van der Waals surface area contributed by atoms with Crippen LogP contribution in [0.5, 0.6) is 0 Å². The zero-order valence-electron chi connectivity index (χ0n) is 8.65. The van der Waals surface area contributed by atoms with E-state index in [1.165, 1.54) is 14.7 Å². The van der Waals surface area contributed by atoms with Crippen LogP contribution >= 0.6 is 20.7 Å². The second-order valence-electron chi connectivity index (χ2n) is 3.37. The van der Waals surface area contributed by atoms with E-state index < -0.39 is 0 Å². The molecule has 1 heteroatoms. The molecule has 0 fully saturated rings. The van der Waals surface area contributed by atoms with Gasteiger partial charge in [-0.1, -0.05) is 63.2 Å². The Morgan fingerprint density at radius 1 is 0.867 bits per heavy atom. The lowest BCUT2D eigenvalue weighted by Gasteiger charge is -1.97. The number of hydrogen-bond acceptors (Lipinski definition) is 0. The molecule has 0 unspecified atom stereocenters. The number of halogens is 1. The summed E-state index contributed by atoms with van der Waals surface area (Å²) in [5, 5.41) is 0. The molecule has 0 atom stereocenters. The molecular weight excluding hydrogens is 295 g/mol. The molecule has 2 aromatic carbocycles. The van der Waals surface area contributed by atoms with Crippen LogP contribution in [-0.2, 0) is 0 Å². The highest BCUT2D eigenvalue weighted by Gasteiger charge is 1.91. The molecule has 0 aliphatic carbocycles. The molecule has 0 radical (unpaired) electrons. The quantitative estimate of drug-likeness (QED) is 0.736. The van der Waals surface area contributed by atoms with Gasteiger partial charge >= 0.3 is 0 Å². The van der Waals surface area contributed by atoms with Gasteiger partial charge in [0, 0.05) is 3.57 Å². The van der Waals surface area contributed by atoms with Gasteiger partial charge in [-0.25, -0.2) is 0 Å². The minimum absolute atomic E-state index is 0.00636. The Morgan fingerprint density at radius 3 is 2.27 bits per heavy atom. The lowest BCUT2D eigenvalue weighted by atomic mass is 10.1. The predicted molar refractivity (Wildman–Crippen MR) is 75.5 cm³/mol. The van der Waals surface area contributed by atoms with Crippen molar-refractivity contribution in [3.8, 4) is 0 Å². The zero-order valence-corrected chi connectivity index (χ0v) is 10.8. The number of hydrogen-bond donors (Lipinski definition) is 0. The van der Waals surface area contributed by atoms with E-state index in [1.54, 1.807) is 0 Å². The smallest absolute Gasteiger partial charge is 0.00771 e. The predicted octanol–water partition coefficient (Wildman–Crippen LogP) is 3.99. The topological polar surface area (TPSA) is 0 Å². The second-order valence-corrected chi connectivity index (χ2v) is 5.86. The molecule has 2 rings (SSSR count). The molecule has 0 amide bonds. The van der Waals surface area contributed by atoms with Crippen LogP contribution in [-0.4, -0.2) is 4.01 Å². The van der Waals surface area contributed by atoms with Gasteiger partial charge in [-0.2, -0.15) is 0 Å². The molecular formula is C14H13I. The fourth-order valence-electron chi connectivity index (χ4n) is 1.32. The minimum Gasteiger partial charge on any atom is -0.0850 e. The SMILES string of the molecule is Cc1ccccc1C=Ic1ccccc1. The monoisotopic (exact) mass is 308 g/mol. The van der Waals surface area contributed by atoms with Crippen LogP contribution in [0.2, 0.25) is 0 Å². The summed E-state index contributed by atoms with van der Waals surface area (Å²) in [6, 6.07) is 19.3. The highest BCUT2D eigenvalue weighted by Crippen LogP contribution is 2.13. The Bertz CT molecular complexity index is 458.